The molecular weight excluding hydrogens is 359 g/mol. The number of carbonyl (C=O) groups is 2. The minimum atomic E-state index is -1.07. The highest BCUT2D eigenvalue weighted by Crippen LogP contribution is 2.28. The molecule has 0 fully saturated rings. The first-order valence-electron chi connectivity index (χ1n) is 8.92. The van der Waals surface area contributed by atoms with Crippen LogP contribution in [-0.4, -0.2) is 23.8 Å². The number of fused-ring (bicyclic) bond motifs is 1. The van der Waals surface area contributed by atoms with Crippen LogP contribution in [0, 0.1) is 5.82 Å². The van der Waals surface area contributed by atoms with E-state index in [0.717, 1.165) is 22.3 Å². The van der Waals surface area contributed by atoms with Gasteiger partial charge in [0.2, 0.25) is 11.8 Å². The van der Waals surface area contributed by atoms with Gasteiger partial charge in [-0.2, -0.15) is 0 Å². The van der Waals surface area contributed by atoms with E-state index in [-0.39, 0.29) is 0 Å². The van der Waals surface area contributed by atoms with E-state index in [1.807, 2.05) is 31.2 Å². The molecule has 0 bridgehead atoms. The molecule has 2 amide bonds. The minimum absolute atomic E-state index is 0.319. The van der Waals surface area contributed by atoms with Gasteiger partial charge in [0.05, 0.1) is 0 Å². The first-order valence-corrected chi connectivity index (χ1v) is 8.92. The number of para-hydroxylation sites is 1. The number of primary amides is 1. The summed E-state index contributed by atoms with van der Waals surface area (Å²) in [6.45, 7) is 1.97. The van der Waals surface area contributed by atoms with E-state index in [1.54, 1.807) is 12.1 Å². The molecule has 1 unspecified atom stereocenters. The largest absolute Gasteiger partial charge is 0.460 e. The van der Waals surface area contributed by atoms with Gasteiger partial charge in [0.15, 0.2) is 0 Å². The molecular formula is C22H21FN2O3. The molecule has 6 heteroatoms. The van der Waals surface area contributed by atoms with Gasteiger partial charge >= 0.3 is 0 Å². The van der Waals surface area contributed by atoms with Gasteiger partial charge in [0, 0.05) is 30.5 Å². The second-order valence-electron chi connectivity index (χ2n) is 6.43. The predicted molar refractivity (Wildman–Crippen MR) is 106 cm³/mol. The van der Waals surface area contributed by atoms with Gasteiger partial charge in [0.1, 0.15) is 23.2 Å². The molecule has 0 aliphatic heterocycles. The molecule has 1 aromatic heterocycles. The Morgan fingerprint density at radius 3 is 2.64 bits per heavy atom. The molecule has 2 aromatic carbocycles. The third kappa shape index (κ3) is 3.81. The quantitative estimate of drug-likeness (QED) is 0.660. The van der Waals surface area contributed by atoms with Crippen molar-refractivity contribution >= 4 is 28.9 Å². The van der Waals surface area contributed by atoms with Crippen LogP contribution in [-0.2, 0) is 16.0 Å². The molecule has 2 N–H and O–H groups in total. The van der Waals surface area contributed by atoms with Crippen LogP contribution in [0.2, 0.25) is 0 Å². The summed E-state index contributed by atoms with van der Waals surface area (Å²) in [5.74, 6) is -0.902. The van der Waals surface area contributed by atoms with Gasteiger partial charge in [-0.05, 0) is 29.8 Å². The SMILES string of the molecule is CCc1oc2ccccc2c1/C=C/C(=O)N(C)C(C(N)=O)c1cccc(F)c1. The minimum Gasteiger partial charge on any atom is -0.460 e. The monoisotopic (exact) mass is 380 g/mol. The highest BCUT2D eigenvalue weighted by atomic mass is 19.1. The number of benzene rings is 2. The van der Waals surface area contributed by atoms with Crippen LogP contribution in [0.4, 0.5) is 4.39 Å². The molecule has 1 heterocycles. The van der Waals surface area contributed by atoms with E-state index in [2.05, 4.69) is 0 Å². The Labute approximate surface area is 162 Å². The second kappa shape index (κ2) is 8.08. The molecule has 0 saturated heterocycles. The van der Waals surface area contributed by atoms with Gasteiger partial charge in [-0.25, -0.2) is 4.39 Å². The van der Waals surface area contributed by atoms with Crippen molar-refractivity contribution in [2.24, 2.45) is 5.73 Å². The Hall–Kier alpha value is -3.41. The molecule has 0 spiro atoms. The number of nitrogens with zero attached hydrogens (tertiary/aromatic N) is 1. The summed E-state index contributed by atoms with van der Waals surface area (Å²) in [6, 6.07) is 12.0. The topological polar surface area (TPSA) is 76.5 Å². The average Bonchev–Trinajstić information content (AvgIpc) is 3.03. The number of aryl methyl sites for hydroxylation is 1. The van der Waals surface area contributed by atoms with Crippen LogP contribution < -0.4 is 5.73 Å². The van der Waals surface area contributed by atoms with Crippen LogP contribution >= 0.6 is 0 Å². The molecule has 0 aliphatic carbocycles. The molecule has 1 atom stereocenters. The van der Waals surface area contributed by atoms with Crippen molar-refractivity contribution in [3.63, 3.8) is 0 Å². The number of hydrogen-bond acceptors (Lipinski definition) is 3. The smallest absolute Gasteiger partial charge is 0.247 e. The summed E-state index contributed by atoms with van der Waals surface area (Å²) >= 11 is 0. The summed E-state index contributed by atoms with van der Waals surface area (Å²) in [6.07, 6.45) is 3.71. The molecule has 144 valence electrons. The Morgan fingerprint density at radius 2 is 1.96 bits per heavy atom. The van der Waals surface area contributed by atoms with E-state index in [0.29, 0.717) is 12.0 Å². The Kier molecular flexibility index (Phi) is 5.59. The number of halogens is 1. The lowest BCUT2D eigenvalue weighted by Crippen LogP contribution is -2.38. The van der Waals surface area contributed by atoms with Crippen molar-refractivity contribution in [2.45, 2.75) is 19.4 Å². The number of nitrogens with two attached hydrogens (primary N) is 1. The predicted octanol–water partition coefficient (Wildman–Crippen LogP) is 3.83. The molecule has 0 aliphatic rings. The fraction of sp³-hybridized carbons (Fsp3) is 0.182. The number of amides is 2. The van der Waals surface area contributed by atoms with Crippen molar-refractivity contribution < 1.29 is 18.4 Å². The summed E-state index contributed by atoms with van der Waals surface area (Å²) in [5, 5.41) is 0.905. The lowest BCUT2D eigenvalue weighted by atomic mass is 10.0. The van der Waals surface area contributed by atoms with Crippen molar-refractivity contribution in [2.75, 3.05) is 7.05 Å². The zero-order valence-electron chi connectivity index (χ0n) is 15.7. The summed E-state index contributed by atoms with van der Waals surface area (Å²) in [4.78, 5) is 25.8. The van der Waals surface area contributed by atoms with Crippen molar-refractivity contribution in [1.29, 1.82) is 0 Å². The maximum absolute atomic E-state index is 13.5. The summed E-state index contributed by atoms with van der Waals surface area (Å²) in [7, 11) is 1.46. The summed E-state index contributed by atoms with van der Waals surface area (Å²) < 4.78 is 19.4. The average molecular weight is 380 g/mol. The fourth-order valence-electron chi connectivity index (χ4n) is 3.22. The zero-order chi connectivity index (χ0) is 20.3. The highest BCUT2D eigenvalue weighted by Gasteiger charge is 2.26. The standard InChI is InChI=1S/C22H21FN2O3/c1-3-18-17(16-9-4-5-10-19(16)28-18)11-12-20(26)25(2)21(22(24)27)14-7-6-8-15(23)13-14/h4-13,21H,3H2,1-2H3,(H2,24,27)/b12-11+. The molecule has 0 saturated carbocycles. The molecule has 0 radical (unpaired) electrons. The van der Waals surface area contributed by atoms with Crippen LogP contribution in [0.25, 0.3) is 17.0 Å². The van der Waals surface area contributed by atoms with Crippen LogP contribution in [0.3, 0.4) is 0 Å². The van der Waals surface area contributed by atoms with Crippen molar-refractivity contribution in [1.82, 2.24) is 4.90 Å². The van der Waals surface area contributed by atoms with E-state index >= 15 is 0 Å². The number of hydrogen-bond donors (Lipinski definition) is 1. The zero-order valence-corrected chi connectivity index (χ0v) is 15.7. The first-order chi connectivity index (χ1) is 13.4. The van der Waals surface area contributed by atoms with Crippen molar-refractivity contribution in [3.8, 4) is 0 Å². The lowest BCUT2D eigenvalue weighted by Gasteiger charge is -2.25. The first kappa shape index (κ1) is 19.4. The molecule has 28 heavy (non-hydrogen) atoms. The van der Waals surface area contributed by atoms with E-state index < -0.39 is 23.7 Å². The second-order valence-corrected chi connectivity index (χ2v) is 6.43. The number of likely N-dealkylation sites (N-methyl/N-ethyl adjacent to an activating group) is 1. The maximum atomic E-state index is 13.5. The third-order valence-corrected chi connectivity index (χ3v) is 4.59. The fourth-order valence-corrected chi connectivity index (χ4v) is 3.22. The highest BCUT2D eigenvalue weighted by molar-refractivity contribution is 5.98. The molecule has 5 nitrogen and oxygen atoms in total. The number of carbonyl (C=O) groups excluding carboxylic acids is 2. The third-order valence-electron chi connectivity index (χ3n) is 4.59. The van der Waals surface area contributed by atoms with Gasteiger partial charge in [-0.3, -0.25) is 9.59 Å². The van der Waals surface area contributed by atoms with Crippen LogP contribution in [0.5, 0.6) is 0 Å². The van der Waals surface area contributed by atoms with Gasteiger partial charge in [0.25, 0.3) is 0 Å². The van der Waals surface area contributed by atoms with Crippen LogP contribution in [0.1, 0.15) is 29.9 Å². The number of furan rings is 1. The Morgan fingerprint density at radius 1 is 1.21 bits per heavy atom. The van der Waals surface area contributed by atoms with Gasteiger partial charge < -0.3 is 15.1 Å². The van der Waals surface area contributed by atoms with Gasteiger partial charge in [-0.1, -0.05) is 37.3 Å². The van der Waals surface area contributed by atoms with E-state index in [1.165, 1.54) is 36.2 Å². The normalized spacial score (nSPS) is 12.4. The Balaban J connectivity index is 1.90. The van der Waals surface area contributed by atoms with E-state index in [9.17, 15) is 14.0 Å². The van der Waals surface area contributed by atoms with Crippen molar-refractivity contribution in [3.05, 3.63) is 77.3 Å². The molecule has 3 aromatic rings. The Bertz CT molecular complexity index is 1050. The van der Waals surface area contributed by atoms with Gasteiger partial charge in [-0.15, -0.1) is 0 Å². The lowest BCUT2D eigenvalue weighted by molar-refractivity contribution is -0.134. The number of rotatable bonds is 6. The molecule has 3 rings (SSSR count). The van der Waals surface area contributed by atoms with Crippen LogP contribution in [0.15, 0.2) is 59.0 Å². The summed E-state index contributed by atoms with van der Waals surface area (Å²) in [5.41, 5.74) is 7.36. The van der Waals surface area contributed by atoms with E-state index in [4.69, 9.17) is 10.2 Å². The maximum Gasteiger partial charge on any atom is 0.247 e.